The highest BCUT2D eigenvalue weighted by atomic mass is 16.5. The van der Waals surface area contributed by atoms with Crippen molar-refractivity contribution in [2.24, 2.45) is 5.41 Å². The molecule has 1 atom stereocenters. The molecule has 0 amide bonds. The molecule has 0 spiro atoms. The number of hydrogen-bond acceptors (Lipinski definition) is 2. The van der Waals surface area contributed by atoms with Gasteiger partial charge in [-0.1, -0.05) is 106 Å². The zero-order chi connectivity index (χ0) is 19.8. The summed E-state index contributed by atoms with van der Waals surface area (Å²) >= 11 is 0. The number of aliphatic hydroxyl groups is 1. The van der Waals surface area contributed by atoms with Crippen molar-refractivity contribution >= 4 is 0 Å². The van der Waals surface area contributed by atoms with E-state index in [2.05, 4.69) is 20.8 Å². The zero-order valence-electron chi connectivity index (χ0n) is 16.6. The van der Waals surface area contributed by atoms with Gasteiger partial charge in [0.05, 0.1) is 6.61 Å². The van der Waals surface area contributed by atoms with Crippen LogP contribution in [0.2, 0.25) is 0 Å². The largest absolute Gasteiger partial charge is 0.648 e. The molecule has 1 saturated heterocycles. The Bertz CT molecular complexity index is 894. The van der Waals surface area contributed by atoms with Gasteiger partial charge in [-0.05, 0) is 16.5 Å². The minimum absolute atomic E-state index is 0.0314. The second kappa shape index (κ2) is 6.99. The lowest BCUT2D eigenvalue weighted by Crippen LogP contribution is -2.30. The third-order valence-corrected chi connectivity index (χ3v) is 5.47. The number of allylic oxidation sites excluding steroid dienone is 3. The Labute approximate surface area is 167 Å². The fourth-order valence-corrected chi connectivity index (χ4v) is 3.72. The Kier molecular flexibility index (Phi) is 4.64. The molecule has 0 unspecified atom stereocenters. The van der Waals surface area contributed by atoms with E-state index in [0.717, 1.165) is 22.3 Å². The van der Waals surface area contributed by atoms with Crippen LogP contribution < -0.4 is 0 Å². The quantitative estimate of drug-likeness (QED) is 0.779. The predicted octanol–water partition coefficient (Wildman–Crippen LogP) is 5.45. The van der Waals surface area contributed by atoms with Gasteiger partial charge in [0.15, 0.2) is 0 Å². The van der Waals surface area contributed by atoms with Crippen molar-refractivity contribution in [3.63, 3.8) is 0 Å². The van der Waals surface area contributed by atoms with E-state index in [4.69, 9.17) is 10.1 Å². The monoisotopic (exact) mass is 372 g/mol. The van der Waals surface area contributed by atoms with Crippen molar-refractivity contribution in [1.82, 2.24) is 0 Å². The average Bonchev–Trinajstić information content (AvgIpc) is 3.38. The minimum Gasteiger partial charge on any atom is -0.648 e. The summed E-state index contributed by atoms with van der Waals surface area (Å²) in [6.07, 6.45) is 5.90. The van der Waals surface area contributed by atoms with Crippen LogP contribution in [0.4, 0.5) is 0 Å². The van der Waals surface area contributed by atoms with Gasteiger partial charge in [0, 0.05) is 17.0 Å². The van der Waals surface area contributed by atoms with E-state index in [-0.39, 0.29) is 11.5 Å². The molecule has 4 rings (SSSR count). The van der Waals surface area contributed by atoms with Crippen molar-refractivity contribution in [3.8, 4) is 0 Å². The topological polar surface area (TPSA) is 43.6 Å². The summed E-state index contributed by atoms with van der Waals surface area (Å²) in [6, 6.07) is 19.6. The SMILES string of the molecule is CC(C)(C)[C@H]1CO/C(=C2\C=CC=C2C(O)(c2ccccc2)c2ccccc2)[N-]1. The first-order valence-corrected chi connectivity index (χ1v) is 9.71. The summed E-state index contributed by atoms with van der Waals surface area (Å²) in [7, 11) is 0. The molecule has 2 aromatic carbocycles. The molecule has 0 aromatic heterocycles. The van der Waals surface area contributed by atoms with Gasteiger partial charge in [-0.15, -0.1) is 0 Å². The molecule has 0 saturated carbocycles. The molecule has 1 heterocycles. The van der Waals surface area contributed by atoms with E-state index in [0.29, 0.717) is 12.5 Å². The third kappa shape index (κ3) is 3.16. The molecule has 0 radical (unpaired) electrons. The molecule has 0 bridgehead atoms. The maximum atomic E-state index is 12.1. The van der Waals surface area contributed by atoms with Gasteiger partial charge in [0.2, 0.25) is 0 Å². The summed E-state index contributed by atoms with van der Waals surface area (Å²) in [5, 5.41) is 16.9. The highest BCUT2D eigenvalue weighted by Crippen LogP contribution is 2.46. The van der Waals surface area contributed by atoms with E-state index >= 15 is 0 Å². The second-order valence-corrected chi connectivity index (χ2v) is 8.42. The fraction of sp³-hybridized carbons (Fsp3) is 0.280. The van der Waals surface area contributed by atoms with Crippen molar-refractivity contribution < 1.29 is 9.84 Å². The molecule has 144 valence electrons. The second-order valence-electron chi connectivity index (χ2n) is 8.42. The van der Waals surface area contributed by atoms with Crippen LogP contribution in [0.1, 0.15) is 31.9 Å². The number of rotatable bonds is 3. The number of nitrogens with zero attached hydrogens (tertiary/aromatic N) is 1. The maximum Gasteiger partial charge on any atom is 0.141 e. The normalized spacial score (nSPS) is 22.0. The summed E-state index contributed by atoms with van der Waals surface area (Å²) in [4.78, 5) is 0. The summed E-state index contributed by atoms with van der Waals surface area (Å²) in [5.41, 5.74) is 2.02. The Morgan fingerprint density at radius 2 is 1.50 bits per heavy atom. The minimum atomic E-state index is -1.28. The average molecular weight is 372 g/mol. The van der Waals surface area contributed by atoms with Crippen molar-refractivity contribution in [3.05, 3.63) is 112 Å². The first-order chi connectivity index (χ1) is 13.4. The van der Waals surface area contributed by atoms with Gasteiger partial charge in [0.1, 0.15) is 5.60 Å². The molecule has 2 aromatic rings. The van der Waals surface area contributed by atoms with Gasteiger partial charge in [0.25, 0.3) is 0 Å². The third-order valence-electron chi connectivity index (χ3n) is 5.47. The lowest BCUT2D eigenvalue weighted by Gasteiger charge is -2.36. The maximum absolute atomic E-state index is 12.1. The van der Waals surface area contributed by atoms with Crippen LogP contribution in [0.25, 0.3) is 5.32 Å². The predicted molar refractivity (Wildman–Crippen MR) is 113 cm³/mol. The molecule has 28 heavy (non-hydrogen) atoms. The van der Waals surface area contributed by atoms with Gasteiger partial charge in [-0.3, -0.25) is 0 Å². The van der Waals surface area contributed by atoms with Crippen molar-refractivity contribution in [2.45, 2.75) is 32.4 Å². The lowest BCUT2D eigenvalue weighted by atomic mass is 9.78. The molecule has 3 nitrogen and oxygen atoms in total. The van der Waals surface area contributed by atoms with Gasteiger partial charge in [-0.2, -0.15) is 0 Å². The van der Waals surface area contributed by atoms with Crippen LogP contribution in [0, 0.1) is 5.41 Å². The molecule has 1 aliphatic heterocycles. The van der Waals surface area contributed by atoms with E-state index in [9.17, 15) is 5.11 Å². The summed E-state index contributed by atoms with van der Waals surface area (Å²) in [5.74, 6) is 0.616. The number of benzene rings is 2. The zero-order valence-corrected chi connectivity index (χ0v) is 16.6. The molecule has 1 aliphatic carbocycles. The van der Waals surface area contributed by atoms with Crippen LogP contribution in [0.3, 0.4) is 0 Å². The number of ether oxygens (including phenoxy) is 1. The van der Waals surface area contributed by atoms with Gasteiger partial charge in [-0.25, -0.2) is 0 Å². The Morgan fingerprint density at radius 1 is 0.929 bits per heavy atom. The van der Waals surface area contributed by atoms with Crippen LogP contribution in [-0.4, -0.2) is 17.8 Å². The lowest BCUT2D eigenvalue weighted by molar-refractivity contribution is 0.123. The molecule has 1 N–H and O–H groups in total. The smallest absolute Gasteiger partial charge is 0.141 e. The Hall–Kier alpha value is -2.78. The van der Waals surface area contributed by atoms with E-state index in [1.165, 1.54) is 0 Å². The fourth-order valence-electron chi connectivity index (χ4n) is 3.72. The molecule has 2 aliphatic rings. The first-order valence-electron chi connectivity index (χ1n) is 9.71. The highest BCUT2D eigenvalue weighted by Gasteiger charge is 2.38. The Morgan fingerprint density at radius 3 is 2.00 bits per heavy atom. The standard InChI is InChI=1S/C25H26NO2/c1-24(2,3)22-17-28-23(26-22)20-15-10-16-21(20)25(27,18-11-6-4-7-12-18)19-13-8-5-9-14-19/h4-16,22,27H,17H2,1-3H3/q-1/b23-20+/t22-/m1/s1. The summed E-state index contributed by atoms with van der Waals surface area (Å²) < 4.78 is 5.98. The number of hydrogen-bond donors (Lipinski definition) is 1. The van der Waals surface area contributed by atoms with Gasteiger partial charge < -0.3 is 15.2 Å². The van der Waals surface area contributed by atoms with E-state index < -0.39 is 5.60 Å². The van der Waals surface area contributed by atoms with Crippen molar-refractivity contribution in [1.29, 1.82) is 0 Å². The van der Waals surface area contributed by atoms with Crippen LogP contribution in [-0.2, 0) is 10.3 Å². The van der Waals surface area contributed by atoms with Crippen LogP contribution in [0.15, 0.2) is 95.9 Å². The molecule has 3 heteroatoms. The van der Waals surface area contributed by atoms with Crippen LogP contribution in [0.5, 0.6) is 0 Å². The molecule has 1 fully saturated rings. The molecular formula is C25H26NO2-. The van der Waals surface area contributed by atoms with Gasteiger partial charge >= 0.3 is 0 Å². The summed E-state index contributed by atoms with van der Waals surface area (Å²) in [6.45, 7) is 7.08. The van der Waals surface area contributed by atoms with E-state index in [1.54, 1.807) is 0 Å². The molecular weight excluding hydrogens is 346 g/mol. The Balaban J connectivity index is 1.81. The van der Waals surface area contributed by atoms with E-state index in [1.807, 2.05) is 78.9 Å². The first kappa shape index (κ1) is 18.6. The highest BCUT2D eigenvalue weighted by molar-refractivity contribution is 5.62. The van der Waals surface area contributed by atoms with Crippen molar-refractivity contribution in [2.75, 3.05) is 6.61 Å². The van der Waals surface area contributed by atoms with Crippen LogP contribution >= 0.6 is 0 Å².